The highest BCUT2D eigenvalue weighted by molar-refractivity contribution is 7.12. The standard InChI is InChI=1S/C28H30N4O3S/c1-20-13-16-36-26(20)28(33)32-14-11-23(12-15-32)34-24-10-6-7-21(17-24)18-31(2)19-25-29-30-27(35-25)22-8-4-3-5-9-22/h3-10,13,16-17,23H,11-12,14-15,18-19H2,1-2H3. The van der Waals surface area contributed by atoms with Crippen molar-refractivity contribution < 1.29 is 13.9 Å². The maximum Gasteiger partial charge on any atom is 0.264 e. The van der Waals surface area contributed by atoms with Crippen LogP contribution < -0.4 is 4.74 Å². The Bertz CT molecular complexity index is 1290. The molecule has 1 fully saturated rings. The summed E-state index contributed by atoms with van der Waals surface area (Å²) in [7, 11) is 2.03. The average molecular weight is 503 g/mol. The molecular formula is C28H30N4O3S. The Morgan fingerprint density at radius 2 is 1.89 bits per heavy atom. The van der Waals surface area contributed by atoms with Crippen LogP contribution in [0.2, 0.25) is 0 Å². The molecule has 1 aliphatic rings. The Kier molecular flexibility index (Phi) is 7.44. The van der Waals surface area contributed by atoms with Crippen LogP contribution in [0.3, 0.4) is 0 Å². The van der Waals surface area contributed by atoms with Crippen LogP contribution in [-0.2, 0) is 13.1 Å². The molecule has 2 aromatic heterocycles. The number of amides is 1. The number of hydrogen-bond acceptors (Lipinski definition) is 7. The molecule has 0 spiro atoms. The molecule has 0 atom stereocenters. The van der Waals surface area contributed by atoms with E-state index in [4.69, 9.17) is 9.15 Å². The lowest BCUT2D eigenvalue weighted by atomic mass is 10.1. The van der Waals surface area contributed by atoms with E-state index in [0.29, 0.717) is 18.3 Å². The number of carbonyl (C=O) groups excluding carboxylic acids is 1. The number of ether oxygens (including phenoxy) is 1. The van der Waals surface area contributed by atoms with E-state index in [1.165, 1.54) is 11.3 Å². The smallest absolute Gasteiger partial charge is 0.264 e. The summed E-state index contributed by atoms with van der Waals surface area (Å²) in [6.45, 7) is 4.72. The number of nitrogens with zero attached hydrogens (tertiary/aromatic N) is 4. The van der Waals surface area contributed by atoms with Crippen molar-refractivity contribution >= 4 is 17.2 Å². The van der Waals surface area contributed by atoms with E-state index in [1.54, 1.807) is 0 Å². The third-order valence-corrected chi connectivity index (χ3v) is 7.34. The number of aromatic nitrogens is 2. The Balaban J connectivity index is 1.12. The first kappa shape index (κ1) is 24.2. The van der Waals surface area contributed by atoms with Crippen molar-refractivity contribution in [3.05, 3.63) is 87.9 Å². The Morgan fingerprint density at radius 3 is 2.64 bits per heavy atom. The SMILES string of the molecule is Cc1ccsc1C(=O)N1CCC(Oc2cccc(CN(C)Cc3nnc(-c4ccccc4)o3)c2)CC1. The van der Waals surface area contributed by atoms with Crippen LogP contribution in [0.5, 0.6) is 5.75 Å². The summed E-state index contributed by atoms with van der Waals surface area (Å²) in [6.07, 6.45) is 1.78. The minimum atomic E-state index is 0.112. The molecule has 186 valence electrons. The van der Waals surface area contributed by atoms with Crippen molar-refractivity contribution in [3.63, 3.8) is 0 Å². The second-order valence-electron chi connectivity index (χ2n) is 9.23. The van der Waals surface area contributed by atoms with Crippen LogP contribution in [0.15, 0.2) is 70.5 Å². The van der Waals surface area contributed by atoms with Gasteiger partial charge in [0.25, 0.3) is 5.91 Å². The fraction of sp³-hybridized carbons (Fsp3) is 0.321. The molecule has 1 saturated heterocycles. The third-order valence-electron chi connectivity index (χ3n) is 6.33. The molecule has 36 heavy (non-hydrogen) atoms. The van der Waals surface area contributed by atoms with Gasteiger partial charge in [-0.1, -0.05) is 30.3 Å². The zero-order chi connectivity index (χ0) is 24.9. The average Bonchev–Trinajstić information content (AvgIpc) is 3.54. The van der Waals surface area contributed by atoms with Gasteiger partial charge < -0.3 is 14.1 Å². The molecule has 0 saturated carbocycles. The summed E-state index contributed by atoms with van der Waals surface area (Å²) in [5.74, 6) is 2.13. The molecule has 2 aromatic carbocycles. The summed E-state index contributed by atoms with van der Waals surface area (Å²) >= 11 is 1.52. The van der Waals surface area contributed by atoms with Gasteiger partial charge in [0.05, 0.1) is 11.4 Å². The molecule has 4 aromatic rings. The zero-order valence-electron chi connectivity index (χ0n) is 20.6. The van der Waals surface area contributed by atoms with E-state index in [9.17, 15) is 4.79 Å². The summed E-state index contributed by atoms with van der Waals surface area (Å²) in [4.78, 5) is 17.7. The predicted molar refractivity (Wildman–Crippen MR) is 140 cm³/mol. The molecule has 0 N–H and O–H groups in total. The molecule has 5 rings (SSSR count). The van der Waals surface area contributed by atoms with E-state index < -0.39 is 0 Å². The van der Waals surface area contributed by atoms with E-state index >= 15 is 0 Å². The van der Waals surface area contributed by atoms with E-state index in [2.05, 4.69) is 27.2 Å². The molecule has 0 bridgehead atoms. The molecular weight excluding hydrogens is 472 g/mol. The van der Waals surface area contributed by atoms with Crippen LogP contribution in [0.25, 0.3) is 11.5 Å². The Hall–Kier alpha value is -3.49. The van der Waals surface area contributed by atoms with Crippen molar-refractivity contribution in [3.8, 4) is 17.2 Å². The van der Waals surface area contributed by atoms with E-state index in [1.807, 2.05) is 72.8 Å². The molecule has 3 heterocycles. The van der Waals surface area contributed by atoms with Gasteiger partial charge >= 0.3 is 0 Å². The topological polar surface area (TPSA) is 71.7 Å². The van der Waals surface area contributed by atoms with Gasteiger partial charge in [-0.25, -0.2) is 0 Å². The molecule has 0 radical (unpaired) electrons. The maximum absolute atomic E-state index is 12.8. The highest BCUT2D eigenvalue weighted by Gasteiger charge is 2.26. The predicted octanol–water partition coefficient (Wildman–Crippen LogP) is 5.42. The number of aryl methyl sites for hydroxylation is 1. The van der Waals surface area contributed by atoms with Gasteiger partial charge in [-0.2, -0.15) is 0 Å². The van der Waals surface area contributed by atoms with Gasteiger partial charge in [0.15, 0.2) is 0 Å². The quantitative estimate of drug-likeness (QED) is 0.320. The van der Waals surface area contributed by atoms with Gasteiger partial charge in [0.1, 0.15) is 11.9 Å². The fourth-order valence-corrected chi connectivity index (χ4v) is 5.33. The molecule has 8 heteroatoms. The lowest BCUT2D eigenvalue weighted by Crippen LogP contribution is -2.41. The maximum atomic E-state index is 12.8. The minimum absolute atomic E-state index is 0.112. The summed E-state index contributed by atoms with van der Waals surface area (Å²) in [5.41, 5.74) is 3.13. The zero-order valence-corrected chi connectivity index (χ0v) is 21.4. The first-order valence-corrected chi connectivity index (χ1v) is 13.1. The number of benzene rings is 2. The largest absolute Gasteiger partial charge is 0.490 e. The highest BCUT2D eigenvalue weighted by Crippen LogP contribution is 2.24. The van der Waals surface area contributed by atoms with Crippen LogP contribution >= 0.6 is 11.3 Å². The van der Waals surface area contributed by atoms with Crippen molar-refractivity contribution in [2.24, 2.45) is 0 Å². The number of piperidine rings is 1. The molecule has 1 aliphatic heterocycles. The van der Waals surface area contributed by atoms with Gasteiger partial charge in [0.2, 0.25) is 11.8 Å². The van der Waals surface area contributed by atoms with Crippen LogP contribution in [-0.4, -0.2) is 52.1 Å². The lowest BCUT2D eigenvalue weighted by molar-refractivity contribution is 0.0599. The molecule has 0 aliphatic carbocycles. The van der Waals surface area contributed by atoms with Crippen LogP contribution in [0.4, 0.5) is 0 Å². The fourth-order valence-electron chi connectivity index (χ4n) is 4.44. The first-order valence-electron chi connectivity index (χ1n) is 12.2. The Morgan fingerprint density at radius 1 is 1.08 bits per heavy atom. The highest BCUT2D eigenvalue weighted by atomic mass is 32.1. The number of likely N-dealkylation sites (tertiary alicyclic amines) is 1. The van der Waals surface area contributed by atoms with Gasteiger partial charge in [-0.15, -0.1) is 21.5 Å². The molecule has 7 nitrogen and oxygen atoms in total. The number of rotatable bonds is 8. The van der Waals surface area contributed by atoms with Crippen molar-refractivity contribution in [1.82, 2.24) is 20.0 Å². The minimum Gasteiger partial charge on any atom is -0.490 e. The normalized spacial score (nSPS) is 14.4. The number of carbonyl (C=O) groups is 1. The Labute approximate surface area is 215 Å². The monoisotopic (exact) mass is 502 g/mol. The van der Waals surface area contributed by atoms with Crippen LogP contribution in [0, 0.1) is 6.92 Å². The van der Waals surface area contributed by atoms with Gasteiger partial charge in [-0.05, 0) is 60.8 Å². The van der Waals surface area contributed by atoms with Gasteiger partial charge in [0, 0.05) is 38.0 Å². The number of thiophene rings is 1. The van der Waals surface area contributed by atoms with Crippen molar-refractivity contribution in [2.75, 3.05) is 20.1 Å². The second-order valence-corrected chi connectivity index (χ2v) is 10.1. The van der Waals surface area contributed by atoms with Gasteiger partial charge in [-0.3, -0.25) is 9.69 Å². The summed E-state index contributed by atoms with van der Waals surface area (Å²) in [6, 6.07) is 20.0. The van der Waals surface area contributed by atoms with E-state index in [-0.39, 0.29) is 12.0 Å². The van der Waals surface area contributed by atoms with Crippen molar-refractivity contribution in [1.29, 1.82) is 0 Å². The first-order chi connectivity index (χ1) is 17.5. The molecule has 1 amide bonds. The summed E-state index contributed by atoms with van der Waals surface area (Å²) < 4.78 is 12.1. The second kappa shape index (κ2) is 11.1. The van der Waals surface area contributed by atoms with Crippen LogP contribution in [0.1, 0.15) is 39.5 Å². The lowest BCUT2D eigenvalue weighted by Gasteiger charge is -2.32. The third kappa shape index (κ3) is 5.83. The number of hydrogen-bond donors (Lipinski definition) is 0. The molecule has 0 unspecified atom stereocenters. The summed E-state index contributed by atoms with van der Waals surface area (Å²) in [5, 5.41) is 10.4. The van der Waals surface area contributed by atoms with E-state index in [0.717, 1.165) is 59.8 Å². The van der Waals surface area contributed by atoms with Crippen molar-refractivity contribution in [2.45, 2.75) is 39.0 Å².